The van der Waals surface area contributed by atoms with E-state index in [-0.39, 0.29) is 5.91 Å². The Labute approximate surface area is 123 Å². The van der Waals surface area contributed by atoms with Gasteiger partial charge in [0.25, 0.3) is 0 Å². The third kappa shape index (κ3) is 3.74. The van der Waals surface area contributed by atoms with Crippen molar-refractivity contribution < 1.29 is 4.79 Å². The first kappa shape index (κ1) is 14.0. The number of hydrogen-bond acceptors (Lipinski definition) is 4. The number of aryl methyl sites for hydroxylation is 1. The molecule has 1 N–H and O–H groups in total. The number of halogens is 1. The molecule has 100 valence electrons. The van der Waals surface area contributed by atoms with E-state index in [0.717, 1.165) is 21.0 Å². The Hall–Kier alpha value is -1.47. The molecule has 7 heteroatoms. The summed E-state index contributed by atoms with van der Waals surface area (Å²) in [7, 11) is 1.87. The Kier molecular flexibility index (Phi) is 4.49. The minimum Gasteiger partial charge on any atom is -0.345 e. The van der Waals surface area contributed by atoms with Gasteiger partial charge in [0.1, 0.15) is 5.82 Å². The van der Waals surface area contributed by atoms with Crippen molar-refractivity contribution in [1.82, 2.24) is 20.1 Å². The van der Waals surface area contributed by atoms with E-state index in [0.29, 0.717) is 6.54 Å². The summed E-state index contributed by atoms with van der Waals surface area (Å²) in [5.41, 5.74) is 0. The number of thiophene rings is 1. The summed E-state index contributed by atoms with van der Waals surface area (Å²) in [5.74, 6) is 1.41. The van der Waals surface area contributed by atoms with Crippen molar-refractivity contribution in [3.8, 4) is 0 Å². The van der Waals surface area contributed by atoms with Crippen LogP contribution >= 0.6 is 27.3 Å². The summed E-state index contributed by atoms with van der Waals surface area (Å²) in [6, 6.07) is 1.96. The predicted molar refractivity (Wildman–Crippen MR) is 78.6 cm³/mol. The molecule has 2 heterocycles. The van der Waals surface area contributed by atoms with E-state index in [2.05, 4.69) is 31.4 Å². The molecule has 0 saturated heterocycles. The second-order valence-corrected chi connectivity index (χ2v) is 5.80. The zero-order valence-corrected chi connectivity index (χ0v) is 13.0. The van der Waals surface area contributed by atoms with Crippen LogP contribution in [0.5, 0.6) is 0 Å². The first-order valence-electron chi connectivity index (χ1n) is 5.61. The smallest absolute Gasteiger partial charge is 0.244 e. The molecule has 0 radical (unpaired) electrons. The molecule has 0 bridgehead atoms. The van der Waals surface area contributed by atoms with Crippen LogP contribution in [0.4, 0.5) is 0 Å². The predicted octanol–water partition coefficient (Wildman–Crippen LogP) is 2.28. The highest BCUT2D eigenvalue weighted by atomic mass is 79.9. The van der Waals surface area contributed by atoms with Gasteiger partial charge in [-0.3, -0.25) is 4.79 Å². The number of carbonyl (C=O) groups is 1. The number of nitrogens with zero attached hydrogens (tertiary/aromatic N) is 3. The lowest BCUT2D eigenvalue weighted by molar-refractivity contribution is -0.116. The molecular formula is C12H13BrN4OS. The molecular weight excluding hydrogens is 328 g/mol. The Morgan fingerprint density at radius 2 is 2.37 bits per heavy atom. The van der Waals surface area contributed by atoms with Crippen LogP contribution in [0.3, 0.4) is 0 Å². The van der Waals surface area contributed by atoms with E-state index < -0.39 is 0 Å². The average Bonchev–Trinajstić information content (AvgIpc) is 2.93. The van der Waals surface area contributed by atoms with Crippen molar-refractivity contribution in [3.63, 3.8) is 0 Å². The van der Waals surface area contributed by atoms with Crippen LogP contribution in [0.25, 0.3) is 6.08 Å². The number of aromatic nitrogens is 3. The second kappa shape index (κ2) is 6.12. The van der Waals surface area contributed by atoms with Gasteiger partial charge in [-0.25, -0.2) is 0 Å². The summed E-state index contributed by atoms with van der Waals surface area (Å²) in [6.07, 6.45) is 3.30. The zero-order valence-electron chi connectivity index (χ0n) is 10.6. The standard InChI is InChI=1S/C12H13BrN4OS/c1-8-15-16-11(17(8)2)6-14-12(18)4-3-10-5-9(13)7-19-10/h3-5,7H,6H2,1-2H3,(H,14,18)/b4-3+. The minimum absolute atomic E-state index is 0.148. The van der Waals surface area contributed by atoms with Crippen LogP contribution in [0.15, 0.2) is 22.0 Å². The summed E-state index contributed by atoms with van der Waals surface area (Å²) >= 11 is 4.94. The molecule has 19 heavy (non-hydrogen) atoms. The van der Waals surface area contributed by atoms with Gasteiger partial charge in [-0.05, 0) is 35.0 Å². The van der Waals surface area contributed by atoms with Gasteiger partial charge in [-0.2, -0.15) is 0 Å². The normalized spacial score (nSPS) is 11.1. The zero-order chi connectivity index (χ0) is 13.8. The first-order valence-corrected chi connectivity index (χ1v) is 7.28. The van der Waals surface area contributed by atoms with Crippen LogP contribution in [0.1, 0.15) is 16.5 Å². The molecule has 1 amide bonds. The summed E-state index contributed by atoms with van der Waals surface area (Å²) < 4.78 is 2.87. The van der Waals surface area contributed by atoms with Crippen molar-refractivity contribution in [3.05, 3.63) is 38.5 Å². The maximum absolute atomic E-state index is 11.7. The maximum Gasteiger partial charge on any atom is 0.244 e. The quantitative estimate of drug-likeness (QED) is 0.868. The molecule has 0 atom stereocenters. The van der Waals surface area contributed by atoms with Crippen molar-refractivity contribution >= 4 is 39.2 Å². The fourth-order valence-corrected chi connectivity index (χ4v) is 2.74. The van der Waals surface area contributed by atoms with Gasteiger partial charge in [0.2, 0.25) is 5.91 Å². The number of rotatable bonds is 4. The van der Waals surface area contributed by atoms with Gasteiger partial charge in [-0.1, -0.05) is 0 Å². The Morgan fingerprint density at radius 3 is 2.95 bits per heavy atom. The number of nitrogens with one attached hydrogen (secondary N) is 1. The van der Waals surface area contributed by atoms with E-state index in [1.807, 2.05) is 30.0 Å². The summed E-state index contributed by atoms with van der Waals surface area (Å²) in [4.78, 5) is 12.7. The van der Waals surface area contributed by atoms with Crippen LogP contribution in [0, 0.1) is 6.92 Å². The van der Waals surface area contributed by atoms with E-state index in [1.165, 1.54) is 6.08 Å². The largest absolute Gasteiger partial charge is 0.345 e. The SMILES string of the molecule is Cc1nnc(CNC(=O)/C=C/c2cc(Br)cs2)n1C. The molecule has 0 spiro atoms. The highest BCUT2D eigenvalue weighted by Gasteiger charge is 2.05. The molecule has 0 unspecified atom stereocenters. The van der Waals surface area contributed by atoms with Crippen molar-refractivity contribution in [2.24, 2.45) is 7.05 Å². The minimum atomic E-state index is -0.148. The van der Waals surface area contributed by atoms with Crippen molar-refractivity contribution in [2.45, 2.75) is 13.5 Å². The fourth-order valence-electron chi connectivity index (χ4n) is 1.40. The first-order chi connectivity index (χ1) is 9.06. The van der Waals surface area contributed by atoms with Crippen LogP contribution in [0.2, 0.25) is 0 Å². The van der Waals surface area contributed by atoms with E-state index >= 15 is 0 Å². The Bertz CT molecular complexity index is 617. The van der Waals surface area contributed by atoms with E-state index in [9.17, 15) is 4.79 Å². The lowest BCUT2D eigenvalue weighted by Gasteiger charge is -2.02. The third-order valence-electron chi connectivity index (χ3n) is 2.59. The summed E-state index contributed by atoms with van der Waals surface area (Å²) in [6.45, 7) is 2.24. The second-order valence-electron chi connectivity index (χ2n) is 3.94. The van der Waals surface area contributed by atoms with E-state index in [4.69, 9.17) is 0 Å². The molecule has 2 aromatic heterocycles. The molecule has 0 aliphatic heterocycles. The molecule has 0 aliphatic rings. The molecule has 0 aromatic carbocycles. The van der Waals surface area contributed by atoms with Gasteiger partial charge < -0.3 is 9.88 Å². The number of hydrogen-bond donors (Lipinski definition) is 1. The van der Waals surface area contributed by atoms with Gasteiger partial charge in [0.05, 0.1) is 6.54 Å². The maximum atomic E-state index is 11.7. The van der Waals surface area contributed by atoms with Gasteiger partial charge in [0, 0.05) is 27.9 Å². The summed E-state index contributed by atoms with van der Waals surface area (Å²) in [5, 5.41) is 12.7. The molecule has 0 saturated carbocycles. The van der Waals surface area contributed by atoms with Gasteiger partial charge in [-0.15, -0.1) is 21.5 Å². The Balaban J connectivity index is 1.88. The Morgan fingerprint density at radius 1 is 1.58 bits per heavy atom. The highest BCUT2D eigenvalue weighted by Crippen LogP contribution is 2.20. The monoisotopic (exact) mass is 340 g/mol. The molecule has 5 nitrogen and oxygen atoms in total. The number of amides is 1. The number of carbonyl (C=O) groups excluding carboxylic acids is 1. The van der Waals surface area contributed by atoms with Gasteiger partial charge in [0.15, 0.2) is 5.82 Å². The van der Waals surface area contributed by atoms with Crippen LogP contribution in [-0.2, 0) is 18.4 Å². The average molecular weight is 341 g/mol. The molecule has 0 aliphatic carbocycles. The van der Waals surface area contributed by atoms with Crippen molar-refractivity contribution in [1.29, 1.82) is 0 Å². The van der Waals surface area contributed by atoms with E-state index in [1.54, 1.807) is 17.4 Å². The molecule has 2 aromatic rings. The molecule has 0 fully saturated rings. The van der Waals surface area contributed by atoms with Gasteiger partial charge >= 0.3 is 0 Å². The fraction of sp³-hybridized carbons (Fsp3) is 0.250. The molecule has 2 rings (SSSR count). The lowest BCUT2D eigenvalue weighted by atomic mass is 10.4. The lowest BCUT2D eigenvalue weighted by Crippen LogP contribution is -2.22. The van der Waals surface area contributed by atoms with Crippen LogP contribution in [-0.4, -0.2) is 20.7 Å². The topological polar surface area (TPSA) is 59.8 Å². The third-order valence-corrected chi connectivity index (χ3v) is 4.25. The highest BCUT2D eigenvalue weighted by molar-refractivity contribution is 9.10. The van der Waals surface area contributed by atoms with Crippen molar-refractivity contribution in [2.75, 3.05) is 0 Å². The van der Waals surface area contributed by atoms with Crippen LogP contribution < -0.4 is 5.32 Å².